The van der Waals surface area contributed by atoms with Crippen LogP contribution in [0.4, 0.5) is 0 Å². The van der Waals surface area contributed by atoms with Crippen LogP contribution in [0.5, 0.6) is 0 Å². The van der Waals surface area contributed by atoms with E-state index in [1.807, 2.05) is 19.9 Å². The Labute approximate surface area is 129 Å². The van der Waals surface area contributed by atoms with E-state index in [1.165, 1.54) is 0 Å². The summed E-state index contributed by atoms with van der Waals surface area (Å²) in [5.74, 6) is 1.15. The van der Waals surface area contributed by atoms with Gasteiger partial charge in [-0.3, -0.25) is 4.79 Å². The molecule has 0 aromatic carbocycles. The lowest BCUT2D eigenvalue weighted by atomic mass is 10.0. The summed E-state index contributed by atoms with van der Waals surface area (Å²) in [6.45, 7) is 7.85. The summed E-state index contributed by atoms with van der Waals surface area (Å²) in [5, 5.41) is 16.4. The quantitative estimate of drug-likeness (QED) is 0.824. The second-order valence-electron chi connectivity index (χ2n) is 6.03. The lowest BCUT2D eigenvalue weighted by Crippen LogP contribution is -2.39. The number of hydrogen-bond donors (Lipinski definition) is 2. The predicted molar refractivity (Wildman–Crippen MR) is 82.4 cm³/mol. The second kappa shape index (κ2) is 6.83. The van der Waals surface area contributed by atoms with Crippen LogP contribution in [0.2, 0.25) is 0 Å². The van der Waals surface area contributed by atoms with Gasteiger partial charge in [-0.25, -0.2) is 9.50 Å². The average molecular weight is 305 g/mol. The molecule has 0 spiro atoms. The van der Waals surface area contributed by atoms with Crippen molar-refractivity contribution in [3.05, 3.63) is 23.3 Å². The molecule has 1 amide bonds. The molecule has 2 N–H and O–H groups in total. The lowest BCUT2D eigenvalue weighted by Gasteiger charge is -2.17. The number of aryl methyl sites for hydroxylation is 2. The molecule has 0 aliphatic rings. The minimum atomic E-state index is -0.230. The SMILES string of the molecule is Cc1cc(C)n2nc(CC(=O)NC(CO)CC(C)C)nc2n1. The fourth-order valence-electron chi connectivity index (χ4n) is 2.45. The van der Waals surface area contributed by atoms with Crippen molar-refractivity contribution in [1.29, 1.82) is 0 Å². The van der Waals surface area contributed by atoms with Gasteiger partial charge in [-0.05, 0) is 32.3 Å². The molecule has 2 heterocycles. The van der Waals surface area contributed by atoms with Crippen LogP contribution in [0.3, 0.4) is 0 Å². The maximum atomic E-state index is 12.1. The number of carbonyl (C=O) groups excluding carboxylic acids is 1. The van der Waals surface area contributed by atoms with E-state index in [9.17, 15) is 9.90 Å². The highest BCUT2D eigenvalue weighted by Gasteiger charge is 2.16. The Morgan fingerprint density at radius 1 is 1.36 bits per heavy atom. The normalized spacial score (nSPS) is 12.8. The Kier molecular flexibility index (Phi) is 5.07. The van der Waals surface area contributed by atoms with Crippen molar-refractivity contribution in [3.8, 4) is 0 Å². The molecule has 22 heavy (non-hydrogen) atoms. The number of nitrogens with zero attached hydrogens (tertiary/aromatic N) is 4. The van der Waals surface area contributed by atoms with Gasteiger partial charge >= 0.3 is 0 Å². The van der Waals surface area contributed by atoms with Crippen LogP contribution in [0.25, 0.3) is 5.78 Å². The van der Waals surface area contributed by atoms with Crippen LogP contribution >= 0.6 is 0 Å². The molecule has 7 nitrogen and oxygen atoms in total. The molecule has 1 unspecified atom stereocenters. The molecule has 0 fully saturated rings. The van der Waals surface area contributed by atoms with E-state index in [0.717, 1.165) is 17.8 Å². The van der Waals surface area contributed by atoms with E-state index >= 15 is 0 Å². The number of aliphatic hydroxyl groups excluding tert-OH is 1. The minimum Gasteiger partial charge on any atom is -0.394 e. The third-order valence-electron chi connectivity index (χ3n) is 3.32. The number of aromatic nitrogens is 4. The molecule has 0 saturated carbocycles. The van der Waals surface area contributed by atoms with Crippen LogP contribution in [0.1, 0.15) is 37.5 Å². The van der Waals surface area contributed by atoms with Crippen molar-refractivity contribution in [2.24, 2.45) is 5.92 Å². The Morgan fingerprint density at radius 3 is 2.73 bits per heavy atom. The lowest BCUT2D eigenvalue weighted by molar-refractivity contribution is -0.121. The van der Waals surface area contributed by atoms with Crippen molar-refractivity contribution >= 4 is 11.7 Å². The molecule has 0 aliphatic carbocycles. The van der Waals surface area contributed by atoms with Crippen molar-refractivity contribution < 1.29 is 9.90 Å². The Bertz CT molecular complexity index is 665. The van der Waals surface area contributed by atoms with Gasteiger partial charge < -0.3 is 10.4 Å². The van der Waals surface area contributed by atoms with Crippen LogP contribution < -0.4 is 5.32 Å². The molecule has 0 aliphatic heterocycles. The van der Waals surface area contributed by atoms with E-state index in [4.69, 9.17) is 0 Å². The number of aliphatic hydroxyl groups is 1. The van der Waals surface area contributed by atoms with E-state index < -0.39 is 0 Å². The van der Waals surface area contributed by atoms with Gasteiger partial charge in [-0.1, -0.05) is 13.8 Å². The summed E-state index contributed by atoms with van der Waals surface area (Å²) in [5.41, 5.74) is 1.79. The minimum absolute atomic E-state index is 0.0671. The first-order valence-electron chi connectivity index (χ1n) is 7.49. The number of nitrogens with one attached hydrogen (secondary N) is 1. The van der Waals surface area contributed by atoms with E-state index in [-0.39, 0.29) is 25.0 Å². The van der Waals surface area contributed by atoms with Gasteiger partial charge in [0.1, 0.15) is 0 Å². The fourth-order valence-corrected chi connectivity index (χ4v) is 2.45. The summed E-state index contributed by atoms with van der Waals surface area (Å²) in [4.78, 5) is 20.6. The fraction of sp³-hybridized carbons (Fsp3) is 0.600. The number of rotatable bonds is 6. The number of amides is 1. The van der Waals surface area contributed by atoms with Gasteiger partial charge in [0.2, 0.25) is 5.91 Å². The van der Waals surface area contributed by atoms with E-state index in [2.05, 4.69) is 34.2 Å². The van der Waals surface area contributed by atoms with Crippen molar-refractivity contribution in [3.63, 3.8) is 0 Å². The molecule has 120 valence electrons. The summed E-state index contributed by atoms with van der Waals surface area (Å²) >= 11 is 0. The number of hydrogen-bond acceptors (Lipinski definition) is 5. The van der Waals surface area contributed by atoms with Crippen LogP contribution in [-0.2, 0) is 11.2 Å². The largest absolute Gasteiger partial charge is 0.394 e. The van der Waals surface area contributed by atoms with Gasteiger partial charge in [0, 0.05) is 11.4 Å². The zero-order valence-corrected chi connectivity index (χ0v) is 13.5. The third-order valence-corrected chi connectivity index (χ3v) is 3.32. The van der Waals surface area contributed by atoms with Crippen LogP contribution in [0.15, 0.2) is 6.07 Å². The van der Waals surface area contributed by atoms with Gasteiger partial charge in [0.25, 0.3) is 5.78 Å². The average Bonchev–Trinajstić information content (AvgIpc) is 2.79. The molecule has 0 radical (unpaired) electrons. The number of fused-ring (bicyclic) bond motifs is 1. The molecule has 2 rings (SSSR count). The van der Waals surface area contributed by atoms with Crippen molar-refractivity contribution in [1.82, 2.24) is 24.9 Å². The summed E-state index contributed by atoms with van der Waals surface area (Å²) < 4.78 is 1.63. The van der Waals surface area contributed by atoms with E-state index in [1.54, 1.807) is 4.52 Å². The van der Waals surface area contributed by atoms with Crippen molar-refractivity contribution in [2.75, 3.05) is 6.61 Å². The second-order valence-corrected chi connectivity index (χ2v) is 6.03. The molecule has 7 heteroatoms. The van der Waals surface area contributed by atoms with Gasteiger partial charge in [-0.2, -0.15) is 4.98 Å². The van der Waals surface area contributed by atoms with Crippen LogP contribution in [-0.4, -0.2) is 43.2 Å². The first kappa shape index (κ1) is 16.4. The summed E-state index contributed by atoms with van der Waals surface area (Å²) in [6.07, 6.45) is 0.817. The zero-order valence-electron chi connectivity index (χ0n) is 13.5. The standard InChI is InChI=1S/C15H23N5O2/c1-9(2)5-12(8-21)17-14(22)7-13-18-15-16-10(3)6-11(4)20(15)19-13/h6,9,12,21H,5,7-8H2,1-4H3,(H,17,22). The third kappa shape index (κ3) is 4.00. The van der Waals surface area contributed by atoms with Crippen LogP contribution in [0, 0.1) is 19.8 Å². The smallest absolute Gasteiger partial charge is 0.252 e. The van der Waals surface area contributed by atoms with Gasteiger partial charge in [-0.15, -0.1) is 5.10 Å². The molecule has 2 aromatic rings. The molecular formula is C15H23N5O2. The topological polar surface area (TPSA) is 92.4 Å². The molecule has 0 saturated heterocycles. The number of carbonyl (C=O) groups is 1. The first-order valence-corrected chi connectivity index (χ1v) is 7.49. The van der Waals surface area contributed by atoms with Crippen molar-refractivity contribution in [2.45, 2.75) is 46.6 Å². The van der Waals surface area contributed by atoms with Gasteiger partial charge in [0.05, 0.1) is 19.1 Å². The molecule has 2 aromatic heterocycles. The maximum absolute atomic E-state index is 12.1. The molecule has 0 bridgehead atoms. The maximum Gasteiger partial charge on any atom is 0.252 e. The highest BCUT2D eigenvalue weighted by Crippen LogP contribution is 2.07. The Morgan fingerprint density at radius 2 is 2.09 bits per heavy atom. The molecular weight excluding hydrogens is 282 g/mol. The highest BCUT2D eigenvalue weighted by molar-refractivity contribution is 5.78. The van der Waals surface area contributed by atoms with E-state index in [0.29, 0.717) is 17.5 Å². The summed E-state index contributed by atoms with van der Waals surface area (Å²) in [7, 11) is 0. The van der Waals surface area contributed by atoms with Gasteiger partial charge in [0.15, 0.2) is 5.82 Å². The predicted octanol–water partition coefficient (Wildman–Crippen LogP) is 0.807. The highest BCUT2D eigenvalue weighted by atomic mass is 16.3. The zero-order chi connectivity index (χ0) is 16.3. The Hall–Kier alpha value is -2.02. The monoisotopic (exact) mass is 305 g/mol. The first-order chi connectivity index (χ1) is 10.4. The molecule has 1 atom stereocenters. The summed E-state index contributed by atoms with van der Waals surface area (Å²) in [6, 6.07) is 1.68. The Balaban J connectivity index is 2.07.